The van der Waals surface area contributed by atoms with Gasteiger partial charge in [0.05, 0.1) is 28.5 Å². The summed E-state index contributed by atoms with van der Waals surface area (Å²) >= 11 is 0. The molecule has 0 bridgehead atoms. The number of para-hydroxylation sites is 2. The predicted molar refractivity (Wildman–Crippen MR) is 106 cm³/mol. The van der Waals surface area contributed by atoms with E-state index in [1.54, 1.807) is 6.20 Å². The fraction of sp³-hybridized carbons (Fsp3) is 0.136. The van der Waals surface area contributed by atoms with E-state index in [-0.39, 0.29) is 5.91 Å². The first-order valence-electron chi connectivity index (χ1n) is 8.71. The highest BCUT2D eigenvalue weighted by atomic mass is 16.1. The van der Waals surface area contributed by atoms with Crippen LogP contribution in [0, 0.1) is 6.92 Å². The van der Waals surface area contributed by atoms with Gasteiger partial charge in [-0.25, -0.2) is 0 Å². The normalized spacial score (nSPS) is 11.0. The van der Waals surface area contributed by atoms with Crippen LogP contribution in [0.3, 0.4) is 0 Å². The molecule has 4 nitrogen and oxygen atoms in total. The summed E-state index contributed by atoms with van der Waals surface area (Å²) in [6.45, 7) is 4.02. The van der Waals surface area contributed by atoms with Crippen molar-refractivity contribution in [1.29, 1.82) is 0 Å². The summed E-state index contributed by atoms with van der Waals surface area (Å²) in [6.07, 6.45) is 2.48. The van der Waals surface area contributed by atoms with Gasteiger partial charge >= 0.3 is 0 Å². The molecule has 0 fully saturated rings. The van der Waals surface area contributed by atoms with Crippen molar-refractivity contribution in [3.63, 3.8) is 0 Å². The average molecular weight is 341 g/mol. The van der Waals surface area contributed by atoms with Crippen molar-refractivity contribution in [3.8, 4) is 0 Å². The third-order valence-electron chi connectivity index (χ3n) is 4.65. The quantitative estimate of drug-likeness (QED) is 0.576. The van der Waals surface area contributed by atoms with Crippen molar-refractivity contribution >= 4 is 33.4 Å². The molecule has 0 spiro atoms. The highest BCUT2D eigenvalue weighted by Crippen LogP contribution is 2.25. The Morgan fingerprint density at radius 1 is 1.04 bits per heavy atom. The molecule has 0 radical (unpaired) electrons. The Labute approximate surface area is 151 Å². The number of hydrogen-bond donors (Lipinski definition) is 1. The first-order valence-corrected chi connectivity index (χ1v) is 8.71. The molecule has 0 atom stereocenters. The maximum atomic E-state index is 13.1. The minimum atomic E-state index is -0.132. The number of nitrogens with one attached hydrogen (secondary N) is 1. The number of carbonyl (C=O) groups is 1. The zero-order valence-corrected chi connectivity index (χ0v) is 14.8. The number of aryl methyl sites for hydroxylation is 1. The van der Waals surface area contributed by atoms with Gasteiger partial charge in [-0.1, -0.05) is 43.3 Å². The summed E-state index contributed by atoms with van der Waals surface area (Å²) in [5.41, 5.74) is 5.00. The molecule has 1 amide bonds. The van der Waals surface area contributed by atoms with Gasteiger partial charge in [-0.2, -0.15) is 0 Å². The Balaban J connectivity index is 1.78. The molecule has 0 aliphatic heterocycles. The Bertz CT molecular complexity index is 1130. The second-order valence-corrected chi connectivity index (χ2v) is 6.30. The molecule has 0 aliphatic rings. The number of rotatable bonds is 3. The second kappa shape index (κ2) is 6.56. The van der Waals surface area contributed by atoms with Gasteiger partial charge in [-0.05, 0) is 37.1 Å². The molecule has 2 heterocycles. The van der Waals surface area contributed by atoms with Gasteiger partial charge in [0.25, 0.3) is 5.91 Å². The van der Waals surface area contributed by atoms with E-state index >= 15 is 0 Å². The van der Waals surface area contributed by atoms with Gasteiger partial charge in [0, 0.05) is 16.5 Å². The van der Waals surface area contributed by atoms with Crippen molar-refractivity contribution in [2.45, 2.75) is 20.3 Å². The summed E-state index contributed by atoms with van der Waals surface area (Å²) in [5, 5.41) is 4.87. The Morgan fingerprint density at radius 3 is 2.58 bits per heavy atom. The van der Waals surface area contributed by atoms with E-state index in [0.717, 1.165) is 39.5 Å². The number of benzene rings is 2. The first kappa shape index (κ1) is 16.2. The number of fused-ring (bicyclic) bond motifs is 2. The molecule has 0 saturated heterocycles. The topological polar surface area (TPSA) is 54.9 Å². The molecule has 0 aliphatic carbocycles. The van der Waals surface area contributed by atoms with Crippen molar-refractivity contribution in [3.05, 3.63) is 77.6 Å². The number of amides is 1. The van der Waals surface area contributed by atoms with Gasteiger partial charge < -0.3 is 5.32 Å². The van der Waals surface area contributed by atoms with Crippen LogP contribution >= 0.6 is 0 Å². The average Bonchev–Trinajstić information content (AvgIpc) is 2.67. The SMILES string of the molecule is CCc1nc2ccccc2c(C(=O)Nc2cnc3ccccc3c2)c1C. The zero-order valence-electron chi connectivity index (χ0n) is 14.8. The molecule has 4 heteroatoms. The van der Waals surface area contributed by atoms with E-state index in [1.165, 1.54) is 0 Å². The molecular weight excluding hydrogens is 322 g/mol. The highest BCUT2D eigenvalue weighted by Gasteiger charge is 2.17. The first-order chi connectivity index (χ1) is 12.7. The van der Waals surface area contributed by atoms with Gasteiger partial charge in [-0.15, -0.1) is 0 Å². The number of anilines is 1. The van der Waals surface area contributed by atoms with Crippen molar-refractivity contribution in [2.75, 3.05) is 5.32 Å². The van der Waals surface area contributed by atoms with Gasteiger partial charge in [-0.3, -0.25) is 14.8 Å². The molecule has 4 aromatic rings. The van der Waals surface area contributed by atoms with Crippen LogP contribution < -0.4 is 5.32 Å². The van der Waals surface area contributed by atoms with E-state index in [9.17, 15) is 4.79 Å². The lowest BCUT2D eigenvalue weighted by Crippen LogP contribution is -2.16. The zero-order chi connectivity index (χ0) is 18.1. The monoisotopic (exact) mass is 341 g/mol. The molecule has 128 valence electrons. The molecule has 2 aromatic carbocycles. The molecule has 2 aromatic heterocycles. The Hall–Kier alpha value is -3.27. The van der Waals surface area contributed by atoms with Crippen LogP contribution in [0.2, 0.25) is 0 Å². The van der Waals surface area contributed by atoms with E-state index in [4.69, 9.17) is 4.98 Å². The van der Waals surface area contributed by atoms with Crippen LogP contribution in [-0.4, -0.2) is 15.9 Å². The fourth-order valence-corrected chi connectivity index (χ4v) is 3.33. The third-order valence-corrected chi connectivity index (χ3v) is 4.65. The maximum Gasteiger partial charge on any atom is 0.256 e. The lowest BCUT2D eigenvalue weighted by Gasteiger charge is -2.14. The molecule has 0 unspecified atom stereocenters. The smallest absolute Gasteiger partial charge is 0.256 e. The predicted octanol–water partition coefficient (Wildman–Crippen LogP) is 4.91. The lowest BCUT2D eigenvalue weighted by molar-refractivity contribution is 0.102. The van der Waals surface area contributed by atoms with E-state index in [2.05, 4.69) is 17.2 Å². The van der Waals surface area contributed by atoms with Crippen LogP contribution in [0.25, 0.3) is 21.8 Å². The standard InChI is InChI=1S/C22H19N3O/c1-3-18-14(2)21(17-9-5-7-11-20(17)25-18)22(26)24-16-12-15-8-4-6-10-19(15)23-13-16/h4-13H,3H2,1-2H3,(H,24,26). The van der Waals surface area contributed by atoms with Crippen LogP contribution in [0.5, 0.6) is 0 Å². The van der Waals surface area contributed by atoms with Crippen LogP contribution in [0.15, 0.2) is 60.8 Å². The Morgan fingerprint density at radius 2 is 1.77 bits per heavy atom. The minimum Gasteiger partial charge on any atom is -0.321 e. The van der Waals surface area contributed by atoms with E-state index in [0.29, 0.717) is 11.3 Å². The van der Waals surface area contributed by atoms with Gasteiger partial charge in [0.1, 0.15) is 0 Å². The fourth-order valence-electron chi connectivity index (χ4n) is 3.33. The van der Waals surface area contributed by atoms with Crippen molar-refractivity contribution < 1.29 is 4.79 Å². The van der Waals surface area contributed by atoms with Crippen LogP contribution in [0.1, 0.15) is 28.5 Å². The number of aromatic nitrogens is 2. The third kappa shape index (κ3) is 2.80. The summed E-state index contributed by atoms with van der Waals surface area (Å²) in [6, 6.07) is 17.6. The molecule has 4 rings (SSSR count). The molecular formula is C22H19N3O. The van der Waals surface area contributed by atoms with Crippen molar-refractivity contribution in [1.82, 2.24) is 9.97 Å². The second-order valence-electron chi connectivity index (χ2n) is 6.30. The number of hydrogen-bond acceptors (Lipinski definition) is 3. The van der Waals surface area contributed by atoms with Crippen LogP contribution in [-0.2, 0) is 6.42 Å². The number of pyridine rings is 2. The molecule has 26 heavy (non-hydrogen) atoms. The van der Waals surface area contributed by atoms with E-state index < -0.39 is 0 Å². The van der Waals surface area contributed by atoms with Gasteiger partial charge in [0.15, 0.2) is 0 Å². The maximum absolute atomic E-state index is 13.1. The van der Waals surface area contributed by atoms with Gasteiger partial charge in [0.2, 0.25) is 0 Å². The Kier molecular flexibility index (Phi) is 4.09. The summed E-state index contributed by atoms with van der Waals surface area (Å²) < 4.78 is 0. The largest absolute Gasteiger partial charge is 0.321 e. The molecule has 0 saturated carbocycles. The summed E-state index contributed by atoms with van der Waals surface area (Å²) in [4.78, 5) is 22.2. The summed E-state index contributed by atoms with van der Waals surface area (Å²) in [7, 11) is 0. The summed E-state index contributed by atoms with van der Waals surface area (Å²) in [5.74, 6) is -0.132. The van der Waals surface area contributed by atoms with Crippen LogP contribution in [0.4, 0.5) is 5.69 Å². The number of nitrogens with zero attached hydrogens (tertiary/aromatic N) is 2. The minimum absolute atomic E-state index is 0.132. The van der Waals surface area contributed by atoms with E-state index in [1.807, 2.05) is 61.5 Å². The number of carbonyl (C=O) groups excluding carboxylic acids is 1. The molecule has 1 N–H and O–H groups in total. The highest BCUT2D eigenvalue weighted by molar-refractivity contribution is 6.13. The van der Waals surface area contributed by atoms with Crippen molar-refractivity contribution in [2.24, 2.45) is 0 Å². The lowest BCUT2D eigenvalue weighted by atomic mass is 9.99.